The van der Waals surface area contributed by atoms with Gasteiger partial charge >= 0.3 is 0 Å². The molecule has 1 amide bonds. The molecule has 0 fully saturated rings. The van der Waals surface area contributed by atoms with Crippen LogP contribution in [0.4, 0.5) is 0 Å². The maximum atomic E-state index is 12.3. The van der Waals surface area contributed by atoms with Crippen molar-refractivity contribution < 1.29 is 4.79 Å². The van der Waals surface area contributed by atoms with Crippen molar-refractivity contribution in [1.82, 2.24) is 14.5 Å². The van der Waals surface area contributed by atoms with Gasteiger partial charge in [-0.05, 0) is 18.2 Å². The van der Waals surface area contributed by atoms with Crippen molar-refractivity contribution in [3.8, 4) is 0 Å². The van der Waals surface area contributed by atoms with E-state index in [0.29, 0.717) is 6.54 Å². The summed E-state index contributed by atoms with van der Waals surface area (Å²) in [4.78, 5) is 12.3. The van der Waals surface area contributed by atoms with E-state index in [1.807, 2.05) is 72.0 Å². The number of fused-ring (bicyclic) bond motifs is 1. The van der Waals surface area contributed by atoms with E-state index in [4.69, 9.17) is 0 Å². The number of carbonyl (C=O) groups excluding carboxylic acids is 1. The molecule has 0 aliphatic carbocycles. The molecule has 20 heavy (non-hydrogen) atoms. The number of nitrogens with zero attached hydrogens (tertiary/aromatic N) is 2. The molecule has 1 N–H and O–H groups in total. The fourth-order valence-corrected chi connectivity index (χ4v) is 2.47. The molecule has 102 valence electrons. The van der Waals surface area contributed by atoms with Gasteiger partial charge in [-0.3, -0.25) is 4.79 Å². The average molecular weight is 267 g/mol. The zero-order valence-electron chi connectivity index (χ0n) is 11.6. The number of nitrogens with one attached hydrogen (secondary N) is 1. The minimum Gasteiger partial charge on any atom is -0.353 e. The molecule has 0 saturated carbocycles. The topological polar surface area (TPSA) is 39.0 Å². The molecular weight excluding hydrogens is 250 g/mol. The molecule has 4 nitrogen and oxygen atoms in total. The number of aryl methyl sites for hydroxylation is 2. The third kappa shape index (κ3) is 2.09. The van der Waals surface area contributed by atoms with Crippen molar-refractivity contribution in [1.29, 1.82) is 0 Å². The number of hydrogen-bond acceptors (Lipinski definition) is 1. The molecule has 0 radical (unpaired) electrons. The molecule has 0 bridgehead atoms. The van der Waals surface area contributed by atoms with Crippen LogP contribution in [0.5, 0.6) is 0 Å². The van der Waals surface area contributed by atoms with Crippen LogP contribution in [0.15, 0.2) is 48.8 Å². The normalized spacial score (nSPS) is 10.9. The fourth-order valence-electron chi connectivity index (χ4n) is 2.47. The Morgan fingerprint density at radius 1 is 1.10 bits per heavy atom. The van der Waals surface area contributed by atoms with Crippen molar-refractivity contribution in [2.45, 2.75) is 6.54 Å². The van der Waals surface area contributed by atoms with Gasteiger partial charge < -0.3 is 14.5 Å². The summed E-state index contributed by atoms with van der Waals surface area (Å²) in [5, 5.41) is 3.96. The molecule has 2 aromatic heterocycles. The Hall–Kier alpha value is -2.49. The van der Waals surface area contributed by atoms with E-state index in [9.17, 15) is 4.79 Å². The van der Waals surface area contributed by atoms with Gasteiger partial charge in [0, 0.05) is 43.1 Å². The van der Waals surface area contributed by atoms with E-state index in [1.54, 1.807) is 0 Å². The Morgan fingerprint density at radius 3 is 2.65 bits per heavy atom. The van der Waals surface area contributed by atoms with Gasteiger partial charge in [0.25, 0.3) is 5.91 Å². The van der Waals surface area contributed by atoms with E-state index in [-0.39, 0.29) is 5.91 Å². The summed E-state index contributed by atoms with van der Waals surface area (Å²) < 4.78 is 3.98. The summed E-state index contributed by atoms with van der Waals surface area (Å²) in [6.07, 6.45) is 3.85. The Balaban J connectivity index is 1.84. The molecule has 2 heterocycles. The van der Waals surface area contributed by atoms with Gasteiger partial charge in [0.2, 0.25) is 0 Å². The molecule has 0 unspecified atom stereocenters. The first-order chi connectivity index (χ1) is 9.66. The van der Waals surface area contributed by atoms with Crippen molar-refractivity contribution in [2.75, 3.05) is 0 Å². The zero-order chi connectivity index (χ0) is 14.1. The number of para-hydroxylation sites is 1. The van der Waals surface area contributed by atoms with Crippen LogP contribution in [-0.2, 0) is 20.6 Å². The van der Waals surface area contributed by atoms with Gasteiger partial charge in [-0.2, -0.15) is 0 Å². The molecule has 0 atom stereocenters. The van der Waals surface area contributed by atoms with Gasteiger partial charge in [0.1, 0.15) is 0 Å². The predicted molar refractivity (Wildman–Crippen MR) is 79.5 cm³/mol. The molecule has 0 aliphatic rings. The minimum atomic E-state index is -0.0389. The number of carbonyl (C=O) groups is 1. The standard InChI is InChI=1S/C16H17N3O/c1-18-9-5-6-12(18)10-17-16(20)14-11-19(2)15-8-4-3-7-13(14)15/h3-9,11H,10H2,1-2H3,(H,17,20). The summed E-state index contributed by atoms with van der Waals surface area (Å²) in [6.45, 7) is 0.533. The zero-order valence-corrected chi connectivity index (χ0v) is 11.6. The predicted octanol–water partition coefficient (Wildman–Crippen LogP) is 2.45. The second kappa shape index (κ2) is 4.89. The Bertz CT molecular complexity index is 767. The maximum Gasteiger partial charge on any atom is 0.253 e. The Morgan fingerprint density at radius 2 is 1.90 bits per heavy atom. The summed E-state index contributed by atoms with van der Waals surface area (Å²) >= 11 is 0. The smallest absolute Gasteiger partial charge is 0.253 e. The number of aromatic nitrogens is 2. The third-order valence-corrected chi connectivity index (χ3v) is 3.62. The summed E-state index contributed by atoms with van der Waals surface area (Å²) in [7, 11) is 3.93. The number of benzene rings is 1. The maximum absolute atomic E-state index is 12.3. The molecule has 1 aromatic carbocycles. The average Bonchev–Trinajstić information content (AvgIpc) is 3.01. The van der Waals surface area contributed by atoms with Crippen molar-refractivity contribution >= 4 is 16.8 Å². The van der Waals surface area contributed by atoms with E-state index >= 15 is 0 Å². The molecule has 4 heteroatoms. The van der Waals surface area contributed by atoms with E-state index in [1.165, 1.54) is 0 Å². The van der Waals surface area contributed by atoms with Gasteiger partial charge in [-0.1, -0.05) is 18.2 Å². The molecule has 0 aliphatic heterocycles. The lowest BCUT2D eigenvalue weighted by Gasteiger charge is -2.05. The molecular formula is C16H17N3O. The van der Waals surface area contributed by atoms with Crippen LogP contribution >= 0.6 is 0 Å². The number of amides is 1. The second-order valence-corrected chi connectivity index (χ2v) is 4.96. The van der Waals surface area contributed by atoms with Crippen molar-refractivity contribution in [2.24, 2.45) is 14.1 Å². The van der Waals surface area contributed by atoms with E-state index in [2.05, 4.69) is 5.32 Å². The summed E-state index contributed by atoms with van der Waals surface area (Å²) in [5.74, 6) is -0.0389. The first-order valence-electron chi connectivity index (χ1n) is 6.59. The summed E-state index contributed by atoms with van der Waals surface area (Å²) in [5.41, 5.74) is 2.87. The molecule has 3 rings (SSSR count). The van der Waals surface area contributed by atoms with Crippen LogP contribution in [0, 0.1) is 0 Å². The highest BCUT2D eigenvalue weighted by atomic mass is 16.1. The first-order valence-corrected chi connectivity index (χ1v) is 6.59. The Kier molecular flexibility index (Phi) is 3.06. The molecule has 3 aromatic rings. The SMILES string of the molecule is Cn1cccc1CNC(=O)c1cn(C)c2ccccc12. The largest absolute Gasteiger partial charge is 0.353 e. The number of rotatable bonds is 3. The monoisotopic (exact) mass is 267 g/mol. The lowest BCUT2D eigenvalue weighted by molar-refractivity contribution is 0.0951. The van der Waals surface area contributed by atoms with Crippen LogP contribution in [0.3, 0.4) is 0 Å². The lowest BCUT2D eigenvalue weighted by atomic mass is 10.1. The third-order valence-electron chi connectivity index (χ3n) is 3.62. The van der Waals surface area contributed by atoms with Crippen LogP contribution in [-0.4, -0.2) is 15.0 Å². The van der Waals surface area contributed by atoms with Gasteiger partial charge in [-0.15, -0.1) is 0 Å². The van der Waals surface area contributed by atoms with Gasteiger partial charge in [0.05, 0.1) is 12.1 Å². The van der Waals surface area contributed by atoms with Crippen molar-refractivity contribution in [3.05, 3.63) is 60.0 Å². The second-order valence-electron chi connectivity index (χ2n) is 4.96. The highest BCUT2D eigenvalue weighted by Crippen LogP contribution is 2.20. The quantitative estimate of drug-likeness (QED) is 0.778. The van der Waals surface area contributed by atoms with Crippen LogP contribution < -0.4 is 5.32 Å². The van der Waals surface area contributed by atoms with Crippen LogP contribution in [0.25, 0.3) is 10.9 Å². The minimum absolute atomic E-state index is 0.0389. The van der Waals surface area contributed by atoms with E-state index < -0.39 is 0 Å². The van der Waals surface area contributed by atoms with Crippen molar-refractivity contribution in [3.63, 3.8) is 0 Å². The highest BCUT2D eigenvalue weighted by Gasteiger charge is 2.13. The lowest BCUT2D eigenvalue weighted by Crippen LogP contribution is -2.23. The van der Waals surface area contributed by atoms with Crippen LogP contribution in [0.1, 0.15) is 16.1 Å². The first kappa shape index (κ1) is 12.5. The van der Waals surface area contributed by atoms with E-state index in [0.717, 1.165) is 22.2 Å². The van der Waals surface area contributed by atoms with Crippen LogP contribution in [0.2, 0.25) is 0 Å². The van der Waals surface area contributed by atoms with Gasteiger partial charge in [0.15, 0.2) is 0 Å². The Labute approximate surface area is 117 Å². The highest BCUT2D eigenvalue weighted by molar-refractivity contribution is 6.06. The number of hydrogen-bond donors (Lipinski definition) is 1. The van der Waals surface area contributed by atoms with Gasteiger partial charge in [-0.25, -0.2) is 0 Å². The molecule has 0 saturated heterocycles. The molecule has 0 spiro atoms. The fraction of sp³-hybridized carbons (Fsp3) is 0.188. The summed E-state index contributed by atoms with van der Waals surface area (Å²) in [6, 6.07) is 11.9.